The number of fused-ring (bicyclic) bond motifs is 1. The van der Waals surface area contributed by atoms with E-state index in [0.29, 0.717) is 16.9 Å². The van der Waals surface area contributed by atoms with Gasteiger partial charge in [-0.1, -0.05) is 19.1 Å². The SMILES string of the molecule is CCN(C)CCc1cc(C)c(Oc2ccnc3c(C(F)(F)F)cccc23)cc1C. The number of rotatable bonds is 6. The Balaban J connectivity index is 1.94. The summed E-state index contributed by atoms with van der Waals surface area (Å²) in [5, 5.41) is 0.341. The highest BCUT2D eigenvalue weighted by atomic mass is 19.4. The Hall–Kier alpha value is -2.60. The van der Waals surface area contributed by atoms with Crippen LogP contribution >= 0.6 is 0 Å². The van der Waals surface area contributed by atoms with Gasteiger partial charge in [0.1, 0.15) is 11.5 Å². The molecule has 3 nitrogen and oxygen atoms in total. The minimum atomic E-state index is -4.47. The van der Waals surface area contributed by atoms with Gasteiger partial charge in [0.15, 0.2) is 0 Å². The normalized spacial score (nSPS) is 12.0. The molecule has 0 bridgehead atoms. The van der Waals surface area contributed by atoms with Crippen LogP contribution in [-0.2, 0) is 12.6 Å². The van der Waals surface area contributed by atoms with Gasteiger partial charge in [-0.05, 0) is 74.8 Å². The van der Waals surface area contributed by atoms with Crippen molar-refractivity contribution in [2.24, 2.45) is 0 Å². The molecule has 0 aliphatic carbocycles. The highest BCUT2D eigenvalue weighted by Gasteiger charge is 2.33. The van der Waals surface area contributed by atoms with Crippen molar-refractivity contribution in [2.75, 3.05) is 20.1 Å². The van der Waals surface area contributed by atoms with Gasteiger partial charge < -0.3 is 9.64 Å². The molecule has 0 amide bonds. The van der Waals surface area contributed by atoms with E-state index < -0.39 is 11.7 Å². The summed E-state index contributed by atoms with van der Waals surface area (Å²) in [5.74, 6) is 1.00. The lowest BCUT2D eigenvalue weighted by atomic mass is 10.0. The molecule has 1 heterocycles. The first-order chi connectivity index (χ1) is 13.7. The van der Waals surface area contributed by atoms with Crippen LogP contribution in [0, 0.1) is 13.8 Å². The van der Waals surface area contributed by atoms with Crippen molar-refractivity contribution in [1.29, 1.82) is 0 Å². The average Bonchev–Trinajstić information content (AvgIpc) is 2.68. The molecule has 0 fully saturated rings. The number of halogens is 3. The highest BCUT2D eigenvalue weighted by molar-refractivity contribution is 5.88. The third-order valence-corrected chi connectivity index (χ3v) is 5.19. The molecule has 154 valence electrons. The monoisotopic (exact) mass is 402 g/mol. The molecule has 3 aromatic rings. The second-order valence-electron chi connectivity index (χ2n) is 7.30. The Morgan fingerprint density at radius 3 is 2.48 bits per heavy atom. The molecular weight excluding hydrogens is 377 g/mol. The third kappa shape index (κ3) is 4.70. The van der Waals surface area contributed by atoms with E-state index >= 15 is 0 Å². The number of aryl methyl sites for hydroxylation is 2. The summed E-state index contributed by atoms with van der Waals surface area (Å²) < 4.78 is 46.0. The maximum atomic E-state index is 13.3. The minimum Gasteiger partial charge on any atom is -0.456 e. The molecule has 0 saturated heterocycles. The van der Waals surface area contributed by atoms with Crippen molar-refractivity contribution in [2.45, 2.75) is 33.4 Å². The fourth-order valence-corrected chi connectivity index (χ4v) is 3.29. The number of benzene rings is 2. The zero-order valence-corrected chi connectivity index (χ0v) is 17.1. The molecule has 0 radical (unpaired) electrons. The van der Waals surface area contributed by atoms with Gasteiger partial charge >= 0.3 is 6.18 Å². The summed E-state index contributed by atoms with van der Waals surface area (Å²) in [5.41, 5.74) is 2.43. The Morgan fingerprint density at radius 2 is 1.79 bits per heavy atom. The number of para-hydroxylation sites is 1. The van der Waals surface area contributed by atoms with Gasteiger partial charge in [-0.25, -0.2) is 0 Å². The van der Waals surface area contributed by atoms with E-state index in [-0.39, 0.29) is 5.52 Å². The largest absolute Gasteiger partial charge is 0.456 e. The molecule has 0 atom stereocenters. The van der Waals surface area contributed by atoms with Gasteiger partial charge in [0.2, 0.25) is 0 Å². The van der Waals surface area contributed by atoms with Crippen molar-refractivity contribution in [3.05, 3.63) is 64.8 Å². The van der Waals surface area contributed by atoms with E-state index in [0.717, 1.165) is 36.7 Å². The van der Waals surface area contributed by atoms with Crippen LogP contribution in [0.2, 0.25) is 0 Å². The van der Waals surface area contributed by atoms with E-state index in [9.17, 15) is 13.2 Å². The summed E-state index contributed by atoms with van der Waals surface area (Å²) >= 11 is 0. The number of aromatic nitrogens is 1. The minimum absolute atomic E-state index is 0.105. The lowest BCUT2D eigenvalue weighted by molar-refractivity contribution is -0.136. The maximum Gasteiger partial charge on any atom is 0.418 e. The van der Waals surface area contributed by atoms with Crippen LogP contribution in [0.3, 0.4) is 0 Å². The van der Waals surface area contributed by atoms with Crippen LogP contribution in [0.4, 0.5) is 13.2 Å². The van der Waals surface area contributed by atoms with E-state index in [4.69, 9.17) is 4.74 Å². The fourth-order valence-electron chi connectivity index (χ4n) is 3.29. The standard InChI is InChI=1S/C23H25F3N2O/c1-5-28(4)12-10-17-13-16(3)21(14-15(17)2)29-20-9-11-27-22-18(20)7-6-8-19(22)23(24,25)26/h6-9,11,13-14H,5,10,12H2,1-4H3. The smallest absolute Gasteiger partial charge is 0.418 e. The fraction of sp³-hybridized carbons (Fsp3) is 0.348. The summed E-state index contributed by atoms with van der Waals surface area (Å²) in [7, 11) is 2.09. The number of pyridine rings is 1. The first kappa shape index (κ1) is 21.1. The Bertz CT molecular complexity index is 1010. The molecule has 0 aliphatic rings. The van der Waals surface area contributed by atoms with Crippen LogP contribution in [-0.4, -0.2) is 30.0 Å². The van der Waals surface area contributed by atoms with Crippen LogP contribution in [0.25, 0.3) is 10.9 Å². The third-order valence-electron chi connectivity index (χ3n) is 5.19. The molecule has 0 saturated carbocycles. The van der Waals surface area contributed by atoms with Gasteiger partial charge in [0.25, 0.3) is 0 Å². The van der Waals surface area contributed by atoms with Gasteiger partial charge in [-0.15, -0.1) is 0 Å². The molecule has 2 aromatic carbocycles. The highest BCUT2D eigenvalue weighted by Crippen LogP contribution is 2.38. The summed E-state index contributed by atoms with van der Waals surface area (Å²) in [6.07, 6.45) is -2.18. The number of likely N-dealkylation sites (N-methyl/N-ethyl adjacent to an activating group) is 1. The van der Waals surface area contributed by atoms with Crippen molar-refractivity contribution in [3.63, 3.8) is 0 Å². The van der Waals surface area contributed by atoms with E-state index in [2.05, 4.69) is 29.9 Å². The Labute approximate surface area is 169 Å². The molecule has 3 rings (SSSR count). The zero-order valence-electron chi connectivity index (χ0n) is 17.1. The number of hydrogen-bond acceptors (Lipinski definition) is 3. The average molecular weight is 402 g/mol. The molecule has 29 heavy (non-hydrogen) atoms. The summed E-state index contributed by atoms with van der Waals surface area (Å²) in [6.45, 7) is 8.06. The quantitative estimate of drug-likeness (QED) is 0.494. The lowest BCUT2D eigenvalue weighted by Gasteiger charge is -2.17. The van der Waals surface area contributed by atoms with Crippen LogP contribution in [0.15, 0.2) is 42.6 Å². The van der Waals surface area contributed by atoms with Crippen molar-refractivity contribution < 1.29 is 17.9 Å². The lowest BCUT2D eigenvalue weighted by Crippen LogP contribution is -2.20. The second-order valence-corrected chi connectivity index (χ2v) is 7.30. The molecular formula is C23H25F3N2O. The van der Waals surface area contributed by atoms with Gasteiger partial charge in [0, 0.05) is 18.1 Å². The number of hydrogen-bond donors (Lipinski definition) is 0. The summed E-state index contributed by atoms with van der Waals surface area (Å²) in [6, 6.07) is 9.67. The molecule has 6 heteroatoms. The number of nitrogens with zero attached hydrogens (tertiary/aromatic N) is 2. The molecule has 0 spiro atoms. The van der Waals surface area contributed by atoms with Gasteiger partial charge in [0.05, 0.1) is 11.1 Å². The van der Waals surface area contributed by atoms with Gasteiger partial charge in [-0.3, -0.25) is 4.98 Å². The van der Waals surface area contributed by atoms with Crippen molar-refractivity contribution in [1.82, 2.24) is 9.88 Å². The predicted octanol–water partition coefficient (Wildman–Crippen LogP) is 6.16. The van der Waals surface area contributed by atoms with Crippen LogP contribution in [0.1, 0.15) is 29.2 Å². The van der Waals surface area contributed by atoms with Crippen LogP contribution in [0.5, 0.6) is 11.5 Å². The van der Waals surface area contributed by atoms with E-state index in [1.807, 2.05) is 19.9 Å². The van der Waals surface area contributed by atoms with E-state index in [1.54, 1.807) is 12.1 Å². The topological polar surface area (TPSA) is 25.4 Å². The van der Waals surface area contributed by atoms with Crippen molar-refractivity contribution >= 4 is 10.9 Å². The summed E-state index contributed by atoms with van der Waals surface area (Å²) in [4.78, 5) is 6.20. The van der Waals surface area contributed by atoms with Crippen LogP contribution < -0.4 is 4.74 Å². The van der Waals surface area contributed by atoms with Gasteiger partial charge in [-0.2, -0.15) is 13.2 Å². The Morgan fingerprint density at radius 1 is 1.03 bits per heavy atom. The molecule has 0 N–H and O–H groups in total. The number of alkyl halides is 3. The molecule has 1 aromatic heterocycles. The number of ether oxygens (including phenoxy) is 1. The van der Waals surface area contributed by atoms with Crippen molar-refractivity contribution in [3.8, 4) is 11.5 Å². The second kappa shape index (κ2) is 8.41. The van der Waals surface area contributed by atoms with E-state index in [1.165, 1.54) is 17.8 Å². The zero-order chi connectivity index (χ0) is 21.2. The first-order valence-electron chi connectivity index (χ1n) is 9.62. The predicted molar refractivity (Wildman–Crippen MR) is 110 cm³/mol. The Kier molecular flexibility index (Phi) is 6.13. The maximum absolute atomic E-state index is 13.3. The molecule has 0 unspecified atom stereocenters. The molecule has 0 aliphatic heterocycles. The first-order valence-corrected chi connectivity index (χ1v) is 9.62.